The molecule has 0 bridgehead atoms. The highest BCUT2D eigenvalue weighted by molar-refractivity contribution is 8.13. The Labute approximate surface area is 99.8 Å². The fourth-order valence-corrected chi connectivity index (χ4v) is 2.41. The van der Waals surface area contributed by atoms with Gasteiger partial charge in [-0.1, -0.05) is 0 Å². The van der Waals surface area contributed by atoms with Gasteiger partial charge in [0.2, 0.25) is 0 Å². The van der Waals surface area contributed by atoms with E-state index in [1.165, 1.54) is 6.07 Å². The molecule has 0 radical (unpaired) electrons. The molecule has 0 aliphatic rings. The molecule has 5 heteroatoms. The zero-order valence-electron chi connectivity index (χ0n) is 8.73. The first-order chi connectivity index (χ1) is 7.45. The van der Waals surface area contributed by atoms with Crippen molar-refractivity contribution in [1.82, 2.24) is 0 Å². The monoisotopic (exact) mass is 258 g/mol. The van der Waals surface area contributed by atoms with E-state index >= 15 is 0 Å². The molecule has 0 spiro atoms. The molecule has 0 aliphatic carbocycles. The molecule has 0 aromatic heterocycles. The van der Waals surface area contributed by atoms with Crippen LogP contribution in [0.3, 0.4) is 0 Å². The van der Waals surface area contributed by atoms with Crippen molar-refractivity contribution in [3.8, 4) is 18.1 Å². The van der Waals surface area contributed by atoms with Crippen LogP contribution in [0.5, 0.6) is 5.75 Å². The molecule has 86 valence electrons. The number of benzene rings is 1. The Bertz CT molecular complexity index is 515. The van der Waals surface area contributed by atoms with Crippen molar-refractivity contribution in [2.24, 2.45) is 0 Å². The Morgan fingerprint density at radius 2 is 2.19 bits per heavy atom. The van der Waals surface area contributed by atoms with E-state index in [1.54, 1.807) is 19.1 Å². The minimum Gasteiger partial charge on any atom is -0.493 e. The number of terminal acetylenes is 1. The Hall–Kier alpha value is -1.18. The molecule has 0 heterocycles. The SMILES string of the molecule is C#CCCOc1ccc(S(=O)(=O)Cl)c(C)c1. The van der Waals surface area contributed by atoms with Crippen LogP contribution in [0.2, 0.25) is 0 Å². The van der Waals surface area contributed by atoms with Crippen molar-refractivity contribution in [2.45, 2.75) is 18.2 Å². The van der Waals surface area contributed by atoms with E-state index in [1.807, 2.05) is 0 Å². The summed E-state index contributed by atoms with van der Waals surface area (Å²) in [6.07, 6.45) is 5.59. The van der Waals surface area contributed by atoms with Crippen molar-refractivity contribution in [1.29, 1.82) is 0 Å². The van der Waals surface area contributed by atoms with Crippen LogP contribution in [-0.4, -0.2) is 15.0 Å². The minimum absolute atomic E-state index is 0.0958. The minimum atomic E-state index is -3.69. The average Bonchev–Trinajstić information content (AvgIpc) is 2.16. The van der Waals surface area contributed by atoms with Crippen molar-refractivity contribution in [3.63, 3.8) is 0 Å². The van der Waals surface area contributed by atoms with Gasteiger partial charge >= 0.3 is 0 Å². The van der Waals surface area contributed by atoms with Crippen LogP contribution in [0.4, 0.5) is 0 Å². The fourth-order valence-electron chi connectivity index (χ4n) is 1.21. The summed E-state index contributed by atoms with van der Waals surface area (Å²) < 4.78 is 27.6. The maximum Gasteiger partial charge on any atom is 0.261 e. The van der Waals surface area contributed by atoms with Gasteiger partial charge in [-0.15, -0.1) is 12.3 Å². The zero-order valence-corrected chi connectivity index (χ0v) is 10.3. The van der Waals surface area contributed by atoms with Crippen molar-refractivity contribution in [3.05, 3.63) is 23.8 Å². The number of hydrogen-bond donors (Lipinski definition) is 0. The molecule has 16 heavy (non-hydrogen) atoms. The fraction of sp³-hybridized carbons (Fsp3) is 0.273. The van der Waals surface area contributed by atoms with Gasteiger partial charge in [-0.2, -0.15) is 0 Å². The summed E-state index contributed by atoms with van der Waals surface area (Å²) in [5, 5.41) is 0. The lowest BCUT2D eigenvalue weighted by Gasteiger charge is -2.07. The quantitative estimate of drug-likeness (QED) is 0.473. The number of ether oxygens (including phenoxy) is 1. The molecule has 1 aromatic rings. The van der Waals surface area contributed by atoms with Gasteiger partial charge in [-0.25, -0.2) is 8.42 Å². The lowest BCUT2D eigenvalue weighted by molar-refractivity contribution is 0.327. The van der Waals surface area contributed by atoms with E-state index in [0.717, 1.165) is 0 Å². The third-order valence-corrected chi connectivity index (χ3v) is 3.41. The van der Waals surface area contributed by atoms with Gasteiger partial charge < -0.3 is 4.74 Å². The molecule has 0 amide bonds. The molecule has 0 atom stereocenters. The molecule has 0 unspecified atom stereocenters. The van der Waals surface area contributed by atoms with Crippen LogP contribution in [0.25, 0.3) is 0 Å². The first-order valence-electron chi connectivity index (χ1n) is 4.56. The predicted molar refractivity (Wildman–Crippen MR) is 63.2 cm³/mol. The second-order valence-corrected chi connectivity index (χ2v) is 5.70. The van der Waals surface area contributed by atoms with E-state index < -0.39 is 9.05 Å². The second-order valence-electron chi connectivity index (χ2n) is 3.17. The summed E-state index contributed by atoms with van der Waals surface area (Å²) in [5.74, 6) is 3.03. The summed E-state index contributed by atoms with van der Waals surface area (Å²) in [7, 11) is 1.56. The largest absolute Gasteiger partial charge is 0.493 e. The predicted octanol–water partition coefficient (Wildman–Crippen LogP) is 2.32. The molecule has 3 nitrogen and oxygen atoms in total. The van der Waals surface area contributed by atoms with E-state index in [9.17, 15) is 8.42 Å². The Morgan fingerprint density at radius 1 is 1.50 bits per heavy atom. The van der Waals surface area contributed by atoms with E-state index in [-0.39, 0.29) is 4.90 Å². The number of aryl methyl sites for hydroxylation is 1. The Kier molecular flexibility index (Phi) is 4.22. The number of rotatable bonds is 4. The highest BCUT2D eigenvalue weighted by Gasteiger charge is 2.13. The van der Waals surface area contributed by atoms with Gasteiger partial charge in [0.05, 0.1) is 11.5 Å². The van der Waals surface area contributed by atoms with Gasteiger partial charge in [0, 0.05) is 17.1 Å². The normalized spacial score (nSPS) is 10.8. The molecule has 0 N–H and O–H groups in total. The highest BCUT2D eigenvalue weighted by atomic mass is 35.7. The van der Waals surface area contributed by atoms with Crippen LogP contribution in [0.15, 0.2) is 23.1 Å². The van der Waals surface area contributed by atoms with Crippen LogP contribution in [0.1, 0.15) is 12.0 Å². The van der Waals surface area contributed by atoms with Gasteiger partial charge in [0.15, 0.2) is 0 Å². The van der Waals surface area contributed by atoms with Crippen LogP contribution in [-0.2, 0) is 9.05 Å². The maximum absolute atomic E-state index is 11.1. The molecule has 1 aromatic carbocycles. The summed E-state index contributed by atoms with van der Waals surface area (Å²) in [6, 6.07) is 4.59. The maximum atomic E-state index is 11.1. The Morgan fingerprint density at radius 3 is 2.69 bits per heavy atom. The van der Waals surface area contributed by atoms with Gasteiger partial charge in [0.1, 0.15) is 5.75 Å². The Balaban J connectivity index is 2.89. The molecule has 1 rings (SSSR count). The molecule has 0 saturated carbocycles. The average molecular weight is 259 g/mol. The first kappa shape index (κ1) is 12.9. The lowest BCUT2D eigenvalue weighted by Crippen LogP contribution is -1.98. The van der Waals surface area contributed by atoms with Crippen molar-refractivity contribution < 1.29 is 13.2 Å². The molecular formula is C11H11ClO3S. The summed E-state index contributed by atoms with van der Waals surface area (Å²) in [5.41, 5.74) is 0.549. The van der Waals surface area contributed by atoms with Crippen molar-refractivity contribution in [2.75, 3.05) is 6.61 Å². The highest BCUT2D eigenvalue weighted by Crippen LogP contribution is 2.23. The third-order valence-electron chi connectivity index (χ3n) is 1.92. The summed E-state index contributed by atoms with van der Waals surface area (Å²) in [4.78, 5) is 0.0958. The second kappa shape index (κ2) is 5.24. The number of halogens is 1. The van der Waals surface area contributed by atoms with E-state index in [0.29, 0.717) is 24.3 Å². The van der Waals surface area contributed by atoms with Crippen LogP contribution < -0.4 is 4.74 Å². The van der Waals surface area contributed by atoms with Crippen molar-refractivity contribution >= 4 is 19.7 Å². The molecule has 0 fully saturated rings. The summed E-state index contributed by atoms with van der Waals surface area (Å²) in [6.45, 7) is 2.06. The summed E-state index contributed by atoms with van der Waals surface area (Å²) >= 11 is 0. The molecule has 0 saturated heterocycles. The van der Waals surface area contributed by atoms with Gasteiger partial charge in [0.25, 0.3) is 9.05 Å². The van der Waals surface area contributed by atoms with Crippen LogP contribution >= 0.6 is 10.7 Å². The zero-order chi connectivity index (χ0) is 12.2. The van der Waals surface area contributed by atoms with Gasteiger partial charge in [-0.3, -0.25) is 0 Å². The van der Waals surface area contributed by atoms with Gasteiger partial charge in [-0.05, 0) is 30.7 Å². The first-order valence-corrected chi connectivity index (χ1v) is 6.87. The number of hydrogen-bond acceptors (Lipinski definition) is 3. The van der Waals surface area contributed by atoms with Crippen LogP contribution in [0, 0.1) is 19.3 Å². The van der Waals surface area contributed by atoms with E-state index in [2.05, 4.69) is 5.92 Å². The molecule has 0 aliphatic heterocycles. The standard InChI is InChI=1S/C11H11ClO3S/c1-3-4-7-15-10-5-6-11(9(2)8-10)16(12,13)14/h1,5-6,8H,4,7H2,2H3. The lowest BCUT2D eigenvalue weighted by atomic mass is 10.2. The third kappa shape index (κ3) is 3.44. The molecular weight excluding hydrogens is 248 g/mol. The topological polar surface area (TPSA) is 43.4 Å². The van der Waals surface area contributed by atoms with E-state index in [4.69, 9.17) is 21.8 Å². The smallest absolute Gasteiger partial charge is 0.261 e.